The van der Waals surface area contributed by atoms with Crippen molar-refractivity contribution in [1.82, 2.24) is 10.6 Å². The normalized spacial score (nSPS) is 14.5. The number of guanidine groups is 1. The van der Waals surface area contributed by atoms with E-state index in [1.165, 1.54) is 6.07 Å². The molecule has 0 unspecified atom stereocenters. The summed E-state index contributed by atoms with van der Waals surface area (Å²) in [6, 6.07) is 11.3. The van der Waals surface area contributed by atoms with Gasteiger partial charge in [0.15, 0.2) is 5.96 Å². The van der Waals surface area contributed by atoms with Crippen LogP contribution < -0.4 is 15.5 Å². The zero-order valence-corrected chi connectivity index (χ0v) is 15.8. The number of anilines is 1. The van der Waals surface area contributed by atoms with E-state index in [1.807, 2.05) is 29.2 Å². The third-order valence-electron chi connectivity index (χ3n) is 4.70. The number of nitrogens with one attached hydrogen (secondary N) is 2. The van der Waals surface area contributed by atoms with Crippen LogP contribution in [0.25, 0.3) is 0 Å². The Balaban J connectivity index is 1.47. The first kappa shape index (κ1) is 19.8. The van der Waals surface area contributed by atoms with Crippen molar-refractivity contribution >= 4 is 17.6 Å². The van der Waals surface area contributed by atoms with E-state index < -0.39 is 11.6 Å². The molecule has 1 aliphatic rings. The Kier molecular flexibility index (Phi) is 6.57. The van der Waals surface area contributed by atoms with Crippen molar-refractivity contribution < 1.29 is 13.6 Å². The third-order valence-corrected chi connectivity index (χ3v) is 4.70. The monoisotopic (exact) mass is 386 g/mol. The third kappa shape index (κ3) is 5.06. The first-order valence-electron chi connectivity index (χ1n) is 9.34. The van der Waals surface area contributed by atoms with Gasteiger partial charge in [-0.1, -0.05) is 12.1 Å². The molecule has 1 aliphatic heterocycles. The molecule has 28 heavy (non-hydrogen) atoms. The Bertz CT molecular complexity index is 852. The molecule has 0 saturated carbocycles. The second kappa shape index (κ2) is 9.30. The number of carbonyl (C=O) groups excluding carboxylic acids is 1. The first-order chi connectivity index (χ1) is 13.6. The van der Waals surface area contributed by atoms with Crippen molar-refractivity contribution in [1.29, 1.82) is 0 Å². The minimum Gasteiger partial charge on any atom is -0.356 e. The van der Waals surface area contributed by atoms with Crippen LogP contribution in [0.5, 0.6) is 0 Å². The van der Waals surface area contributed by atoms with Crippen molar-refractivity contribution in [2.45, 2.75) is 25.8 Å². The molecule has 2 aromatic carbocycles. The second-order valence-corrected chi connectivity index (χ2v) is 6.65. The molecule has 0 atom stereocenters. The van der Waals surface area contributed by atoms with Crippen LogP contribution in [-0.2, 0) is 17.8 Å². The van der Waals surface area contributed by atoms with Crippen LogP contribution in [0, 0.1) is 11.6 Å². The molecule has 0 aliphatic carbocycles. The van der Waals surface area contributed by atoms with E-state index in [-0.39, 0.29) is 5.91 Å². The summed E-state index contributed by atoms with van der Waals surface area (Å²) >= 11 is 0. The fourth-order valence-electron chi connectivity index (χ4n) is 3.17. The zero-order chi connectivity index (χ0) is 19.9. The van der Waals surface area contributed by atoms with Crippen molar-refractivity contribution in [3.8, 4) is 0 Å². The number of hydrogen-bond donors (Lipinski definition) is 2. The zero-order valence-electron chi connectivity index (χ0n) is 15.8. The highest BCUT2D eigenvalue weighted by atomic mass is 19.1. The molecule has 0 radical (unpaired) electrons. The van der Waals surface area contributed by atoms with Crippen LogP contribution in [0.1, 0.15) is 24.0 Å². The largest absolute Gasteiger partial charge is 0.356 e. The molecule has 0 spiro atoms. The molecule has 5 nitrogen and oxygen atoms in total. The molecule has 7 heteroatoms. The van der Waals surface area contributed by atoms with E-state index in [4.69, 9.17) is 0 Å². The standard InChI is InChI=1S/C21H24F2N4O/c1-24-21(25-11-10-16-13-17(22)6-9-19(16)23)26-14-15-4-7-18(8-5-15)27-12-2-3-20(27)28/h4-9,13H,2-3,10-12,14H2,1H3,(H2,24,25,26). The SMILES string of the molecule is CN=C(NCCc1cc(F)ccc1F)NCc1ccc(N2CCCC2=O)cc1. The maximum absolute atomic E-state index is 13.6. The molecular weight excluding hydrogens is 362 g/mol. The van der Waals surface area contributed by atoms with Crippen LogP contribution >= 0.6 is 0 Å². The number of benzene rings is 2. The number of halogens is 2. The quantitative estimate of drug-likeness (QED) is 0.593. The molecule has 1 amide bonds. The summed E-state index contributed by atoms with van der Waals surface area (Å²) in [4.78, 5) is 17.7. The van der Waals surface area contributed by atoms with Gasteiger partial charge < -0.3 is 15.5 Å². The van der Waals surface area contributed by atoms with Gasteiger partial charge in [-0.15, -0.1) is 0 Å². The lowest BCUT2D eigenvalue weighted by molar-refractivity contribution is -0.117. The molecular formula is C21H24F2N4O. The van der Waals surface area contributed by atoms with Gasteiger partial charge in [-0.2, -0.15) is 0 Å². The van der Waals surface area contributed by atoms with E-state index in [0.717, 1.165) is 36.3 Å². The number of aliphatic imine (C=N–C) groups is 1. The summed E-state index contributed by atoms with van der Waals surface area (Å²) in [5, 5.41) is 6.28. The number of hydrogen-bond acceptors (Lipinski definition) is 2. The molecule has 2 N–H and O–H groups in total. The average molecular weight is 386 g/mol. The predicted molar refractivity (Wildman–Crippen MR) is 106 cm³/mol. The average Bonchev–Trinajstić information content (AvgIpc) is 3.13. The smallest absolute Gasteiger partial charge is 0.227 e. The summed E-state index contributed by atoms with van der Waals surface area (Å²) in [7, 11) is 1.65. The second-order valence-electron chi connectivity index (χ2n) is 6.65. The topological polar surface area (TPSA) is 56.7 Å². The number of nitrogens with zero attached hydrogens (tertiary/aromatic N) is 2. The predicted octanol–water partition coefficient (Wildman–Crippen LogP) is 3.00. The summed E-state index contributed by atoms with van der Waals surface area (Å²) in [5.41, 5.74) is 2.30. The minimum absolute atomic E-state index is 0.171. The Hall–Kier alpha value is -2.96. The first-order valence-corrected chi connectivity index (χ1v) is 9.34. The van der Waals surface area contributed by atoms with Crippen LogP contribution in [0.4, 0.5) is 14.5 Å². The van der Waals surface area contributed by atoms with Gasteiger partial charge in [-0.25, -0.2) is 8.78 Å². The van der Waals surface area contributed by atoms with E-state index in [9.17, 15) is 13.6 Å². The van der Waals surface area contributed by atoms with Crippen LogP contribution in [-0.4, -0.2) is 32.0 Å². The lowest BCUT2D eigenvalue weighted by Crippen LogP contribution is -2.37. The molecule has 2 aromatic rings. The van der Waals surface area contributed by atoms with Gasteiger partial charge >= 0.3 is 0 Å². The van der Waals surface area contributed by atoms with Crippen LogP contribution in [0.15, 0.2) is 47.5 Å². The highest BCUT2D eigenvalue weighted by Crippen LogP contribution is 2.21. The van der Waals surface area contributed by atoms with Crippen molar-refractivity contribution in [3.05, 3.63) is 65.2 Å². The fraction of sp³-hybridized carbons (Fsp3) is 0.333. The van der Waals surface area contributed by atoms with Crippen molar-refractivity contribution in [2.24, 2.45) is 4.99 Å². The van der Waals surface area contributed by atoms with Gasteiger partial charge in [0.25, 0.3) is 0 Å². The van der Waals surface area contributed by atoms with Crippen molar-refractivity contribution in [2.75, 3.05) is 25.0 Å². The molecule has 1 fully saturated rings. The van der Waals surface area contributed by atoms with Crippen molar-refractivity contribution in [3.63, 3.8) is 0 Å². The Morgan fingerprint density at radius 2 is 1.93 bits per heavy atom. The summed E-state index contributed by atoms with van der Waals surface area (Å²) < 4.78 is 26.9. The van der Waals surface area contributed by atoms with E-state index in [2.05, 4.69) is 15.6 Å². The fourth-order valence-corrected chi connectivity index (χ4v) is 3.17. The van der Waals surface area contributed by atoms with Crippen LogP contribution in [0.2, 0.25) is 0 Å². The summed E-state index contributed by atoms with van der Waals surface area (Å²) in [5.74, 6) is -0.110. The summed E-state index contributed by atoms with van der Waals surface area (Å²) in [6.45, 7) is 1.76. The Morgan fingerprint density at radius 3 is 2.61 bits per heavy atom. The molecule has 0 aromatic heterocycles. The van der Waals surface area contributed by atoms with E-state index >= 15 is 0 Å². The maximum atomic E-state index is 13.6. The highest BCUT2D eigenvalue weighted by Gasteiger charge is 2.21. The van der Waals surface area contributed by atoms with Gasteiger partial charge in [-0.3, -0.25) is 9.79 Å². The molecule has 3 rings (SSSR count). The maximum Gasteiger partial charge on any atom is 0.227 e. The van der Waals surface area contributed by atoms with Crippen LogP contribution in [0.3, 0.4) is 0 Å². The highest BCUT2D eigenvalue weighted by molar-refractivity contribution is 5.95. The number of carbonyl (C=O) groups is 1. The number of amides is 1. The lowest BCUT2D eigenvalue weighted by Gasteiger charge is -2.16. The lowest BCUT2D eigenvalue weighted by atomic mass is 10.1. The summed E-state index contributed by atoms with van der Waals surface area (Å²) in [6.07, 6.45) is 1.87. The molecule has 1 heterocycles. The minimum atomic E-state index is -0.446. The van der Waals surface area contributed by atoms with Gasteiger partial charge in [0.05, 0.1) is 0 Å². The Morgan fingerprint density at radius 1 is 1.14 bits per heavy atom. The Labute approximate surface area is 163 Å². The van der Waals surface area contributed by atoms with Gasteiger partial charge in [0.2, 0.25) is 5.91 Å². The number of rotatable bonds is 6. The molecule has 148 valence electrons. The molecule has 1 saturated heterocycles. The van der Waals surface area contributed by atoms with Gasteiger partial charge in [0, 0.05) is 38.8 Å². The van der Waals surface area contributed by atoms with E-state index in [0.29, 0.717) is 37.5 Å². The van der Waals surface area contributed by atoms with E-state index in [1.54, 1.807) is 7.05 Å². The van der Waals surface area contributed by atoms with Gasteiger partial charge in [-0.05, 0) is 54.3 Å². The van der Waals surface area contributed by atoms with Gasteiger partial charge in [0.1, 0.15) is 11.6 Å². The molecule has 0 bridgehead atoms.